The molecule has 1 aromatic carbocycles. The van der Waals surface area contributed by atoms with Crippen molar-refractivity contribution in [1.29, 1.82) is 0 Å². The maximum atomic E-state index is 11.6. The molecule has 1 unspecified atom stereocenters. The summed E-state index contributed by atoms with van der Waals surface area (Å²) in [5.41, 5.74) is 9.07. The Morgan fingerprint density at radius 3 is 2.64 bits per heavy atom. The third-order valence-electron chi connectivity index (χ3n) is 4.78. The molecule has 7 nitrogen and oxygen atoms in total. The van der Waals surface area contributed by atoms with Crippen LogP contribution in [0.25, 0.3) is 5.57 Å². The fourth-order valence-electron chi connectivity index (χ4n) is 3.14. The molecule has 7 heteroatoms. The van der Waals surface area contributed by atoms with Crippen molar-refractivity contribution in [2.75, 3.05) is 6.54 Å². The number of nitrogens with zero attached hydrogens (tertiary/aromatic N) is 2. The summed E-state index contributed by atoms with van der Waals surface area (Å²) < 4.78 is 10.6. The van der Waals surface area contributed by atoms with Crippen LogP contribution in [0, 0.1) is 0 Å². The number of nitrogens with one attached hydrogen (secondary N) is 1. The van der Waals surface area contributed by atoms with Crippen LogP contribution in [-0.4, -0.2) is 28.4 Å². The summed E-state index contributed by atoms with van der Waals surface area (Å²) in [5, 5.41) is 6.82. The van der Waals surface area contributed by atoms with Gasteiger partial charge in [0, 0.05) is 13.0 Å². The standard InChI is InChI=1S/C26H36N4O3/c1-6-8-11-20(7-2)21-15-13-19(14-16-21)18-23-29-24(33-30-23)22(27)12-9-10-17-28-25(31)32-26(3,4)5/h6-8,11,13-16,22H,1,9-10,12,17-18,27H2,2-5H3,(H,28,31)/b11-8-,20-7+. The number of allylic oxidation sites excluding steroid dienone is 5. The number of carbonyl (C=O) groups excluding carboxylic acids is 1. The van der Waals surface area contributed by atoms with Crippen LogP contribution >= 0.6 is 0 Å². The van der Waals surface area contributed by atoms with Gasteiger partial charge in [0.1, 0.15) is 5.60 Å². The first kappa shape index (κ1) is 26.1. The Labute approximate surface area is 196 Å². The zero-order valence-electron chi connectivity index (χ0n) is 20.1. The molecule has 0 saturated heterocycles. The monoisotopic (exact) mass is 452 g/mol. The highest BCUT2D eigenvalue weighted by atomic mass is 16.6. The highest BCUT2D eigenvalue weighted by Gasteiger charge is 2.17. The Hall–Kier alpha value is -3.19. The SMILES string of the molecule is C=C/C=C\C(=C/C)c1ccc(Cc2noc(C(N)CCCCNC(=O)OC(C)(C)C)n2)cc1. The lowest BCUT2D eigenvalue weighted by atomic mass is 10.0. The minimum absolute atomic E-state index is 0.330. The number of hydrogen-bond acceptors (Lipinski definition) is 6. The number of ether oxygens (including phenoxy) is 1. The molecule has 0 bridgehead atoms. The van der Waals surface area contributed by atoms with E-state index >= 15 is 0 Å². The summed E-state index contributed by atoms with van der Waals surface area (Å²) >= 11 is 0. The number of alkyl carbamates (subject to hydrolysis) is 1. The van der Waals surface area contributed by atoms with E-state index in [0.717, 1.165) is 29.5 Å². The van der Waals surface area contributed by atoms with Crippen molar-refractivity contribution >= 4 is 11.7 Å². The summed E-state index contributed by atoms with van der Waals surface area (Å²) in [7, 11) is 0. The van der Waals surface area contributed by atoms with Crippen LogP contribution in [0.2, 0.25) is 0 Å². The van der Waals surface area contributed by atoms with E-state index in [1.807, 2.05) is 39.8 Å². The van der Waals surface area contributed by atoms with Gasteiger partial charge in [0.25, 0.3) is 0 Å². The molecule has 0 aliphatic heterocycles. The molecule has 2 aromatic rings. The smallest absolute Gasteiger partial charge is 0.407 e. The lowest BCUT2D eigenvalue weighted by Crippen LogP contribution is -2.33. The Balaban J connectivity index is 1.79. The number of aromatic nitrogens is 2. The quantitative estimate of drug-likeness (QED) is 0.345. The molecule has 33 heavy (non-hydrogen) atoms. The topological polar surface area (TPSA) is 103 Å². The summed E-state index contributed by atoms with van der Waals surface area (Å²) in [5.74, 6) is 1.05. The molecule has 0 radical (unpaired) electrons. The van der Waals surface area contributed by atoms with Crippen LogP contribution < -0.4 is 11.1 Å². The average molecular weight is 453 g/mol. The molecule has 0 spiro atoms. The zero-order valence-corrected chi connectivity index (χ0v) is 20.1. The van der Waals surface area contributed by atoms with Crippen molar-refractivity contribution in [3.8, 4) is 0 Å². The molecule has 1 atom stereocenters. The van der Waals surface area contributed by atoms with Crippen LogP contribution in [0.4, 0.5) is 4.79 Å². The summed E-state index contributed by atoms with van der Waals surface area (Å²) in [6.45, 7) is 11.8. The zero-order chi connectivity index (χ0) is 24.3. The molecule has 0 saturated carbocycles. The predicted molar refractivity (Wildman–Crippen MR) is 132 cm³/mol. The summed E-state index contributed by atoms with van der Waals surface area (Å²) in [6.07, 6.45) is 10.2. The second kappa shape index (κ2) is 12.7. The van der Waals surface area contributed by atoms with E-state index in [1.165, 1.54) is 0 Å². The Bertz CT molecular complexity index is 953. The van der Waals surface area contributed by atoms with Gasteiger partial charge in [-0.15, -0.1) is 0 Å². The van der Waals surface area contributed by atoms with Crippen molar-refractivity contribution in [3.05, 3.63) is 78.0 Å². The minimum Gasteiger partial charge on any atom is -0.444 e. The normalized spacial score (nSPS) is 13.2. The van der Waals surface area contributed by atoms with Crippen LogP contribution in [0.3, 0.4) is 0 Å². The molecule has 3 N–H and O–H groups in total. The molecule has 1 amide bonds. The fraction of sp³-hybridized carbons (Fsp3) is 0.423. The van der Waals surface area contributed by atoms with Gasteiger partial charge in [0.2, 0.25) is 5.89 Å². The molecular formula is C26H36N4O3. The third kappa shape index (κ3) is 9.45. The van der Waals surface area contributed by atoms with E-state index in [4.69, 9.17) is 15.0 Å². The van der Waals surface area contributed by atoms with E-state index in [2.05, 4.69) is 52.4 Å². The first-order valence-corrected chi connectivity index (χ1v) is 11.3. The second-order valence-corrected chi connectivity index (χ2v) is 8.79. The lowest BCUT2D eigenvalue weighted by Gasteiger charge is -2.19. The van der Waals surface area contributed by atoms with E-state index in [1.54, 1.807) is 6.08 Å². The number of amides is 1. The van der Waals surface area contributed by atoms with E-state index in [9.17, 15) is 4.79 Å². The summed E-state index contributed by atoms with van der Waals surface area (Å²) in [6, 6.07) is 7.96. The van der Waals surface area contributed by atoms with Gasteiger partial charge in [0.15, 0.2) is 5.82 Å². The van der Waals surface area contributed by atoms with Crippen molar-refractivity contribution in [2.24, 2.45) is 5.73 Å². The molecule has 178 valence electrons. The molecule has 0 aliphatic rings. The third-order valence-corrected chi connectivity index (χ3v) is 4.78. The maximum Gasteiger partial charge on any atom is 0.407 e. The van der Waals surface area contributed by atoms with Crippen LogP contribution in [0.5, 0.6) is 0 Å². The predicted octanol–water partition coefficient (Wildman–Crippen LogP) is 5.50. The fourth-order valence-corrected chi connectivity index (χ4v) is 3.14. The molecular weight excluding hydrogens is 416 g/mol. The maximum absolute atomic E-state index is 11.6. The Kier molecular flexibility index (Phi) is 10.1. The van der Waals surface area contributed by atoms with Gasteiger partial charge in [-0.3, -0.25) is 0 Å². The number of nitrogens with two attached hydrogens (primary N) is 1. The van der Waals surface area contributed by atoms with Crippen LogP contribution in [-0.2, 0) is 11.2 Å². The van der Waals surface area contributed by atoms with Gasteiger partial charge >= 0.3 is 6.09 Å². The minimum atomic E-state index is -0.498. The van der Waals surface area contributed by atoms with Crippen molar-refractivity contribution in [3.63, 3.8) is 0 Å². The number of benzene rings is 1. The molecule has 0 aliphatic carbocycles. The van der Waals surface area contributed by atoms with E-state index < -0.39 is 11.7 Å². The van der Waals surface area contributed by atoms with Gasteiger partial charge in [0.05, 0.1) is 6.04 Å². The highest BCUT2D eigenvalue weighted by molar-refractivity contribution is 5.74. The number of unbranched alkanes of at least 4 members (excludes halogenated alkanes) is 1. The molecule has 0 fully saturated rings. The molecule has 1 heterocycles. The van der Waals surface area contributed by atoms with Gasteiger partial charge in [-0.1, -0.05) is 60.3 Å². The lowest BCUT2D eigenvalue weighted by molar-refractivity contribution is 0.0527. The first-order valence-electron chi connectivity index (χ1n) is 11.3. The largest absolute Gasteiger partial charge is 0.444 e. The van der Waals surface area contributed by atoms with Crippen molar-refractivity contribution in [1.82, 2.24) is 15.5 Å². The van der Waals surface area contributed by atoms with E-state index in [0.29, 0.717) is 31.1 Å². The number of carbonyl (C=O) groups is 1. The number of rotatable bonds is 11. The molecule has 2 rings (SSSR count). The van der Waals surface area contributed by atoms with Gasteiger partial charge in [-0.2, -0.15) is 4.98 Å². The Morgan fingerprint density at radius 2 is 2.00 bits per heavy atom. The highest BCUT2D eigenvalue weighted by Crippen LogP contribution is 2.19. The van der Waals surface area contributed by atoms with Crippen molar-refractivity contribution in [2.45, 2.75) is 65.0 Å². The first-order chi connectivity index (χ1) is 15.7. The van der Waals surface area contributed by atoms with Gasteiger partial charge < -0.3 is 20.3 Å². The average Bonchev–Trinajstić information content (AvgIpc) is 3.22. The second-order valence-electron chi connectivity index (χ2n) is 8.79. The van der Waals surface area contributed by atoms with Gasteiger partial charge in [-0.05, 0) is 63.7 Å². The molecule has 1 aromatic heterocycles. The Morgan fingerprint density at radius 1 is 1.27 bits per heavy atom. The van der Waals surface area contributed by atoms with Crippen LogP contribution in [0.15, 0.2) is 59.7 Å². The summed E-state index contributed by atoms with van der Waals surface area (Å²) in [4.78, 5) is 16.1. The number of hydrogen-bond donors (Lipinski definition) is 2. The van der Waals surface area contributed by atoms with E-state index in [-0.39, 0.29) is 6.04 Å². The van der Waals surface area contributed by atoms with Gasteiger partial charge in [-0.25, -0.2) is 4.79 Å². The van der Waals surface area contributed by atoms with Crippen LogP contribution in [0.1, 0.15) is 75.8 Å². The van der Waals surface area contributed by atoms with Crippen molar-refractivity contribution < 1.29 is 14.1 Å².